The zero-order chi connectivity index (χ0) is 23.2. The highest BCUT2D eigenvalue weighted by Crippen LogP contribution is 2.32. The number of nitrogens with one attached hydrogen (secondary N) is 1. The number of nitrogens with zero attached hydrogens (tertiary/aromatic N) is 2. The SMILES string of the molecule is O=C(CCn1c2c(c3ccccc31)CCCC2)N/N=C/c1ccc(OCc2ccccc2)cc1. The predicted molar refractivity (Wildman–Crippen MR) is 136 cm³/mol. The molecule has 5 heteroatoms. The van der Waals surface area contributed by atoms with Gasteiger partial charge in [-0.1, -0.05) is 48.5 Å². The minimum Gasteiger partial charge on any atom is -0.489 e. The van der Waals surface area contributed by atoms with Crippen molar-refractivity contribution in [1.82, 2.24) is 9.99 Å². The fourth-order valence-corrected chi connectivity index (χ4v) is 4.68. The largest absolute Gasteiger partial charge is 0.489 e. The van der Waals surface area contributed by atoms with Gasteiger partial charge >= 0.3 is 0 Å². The molecule has 1 aliphatic carbocycles. The smallest absolute Gasteiger partial charge is 0.241 e. The molecule has 1 amide bonds. The second-order valence-electron chi connectivity index (χ2n) is 8.69. The number of benzene rings is 3. The van der Waals surface area contributed by atoms with Gasteiger partial charge in [0.15, 0.2) is 0 Å². The van der Waals surface area contributed by atoms with E-state index in [9.17, 15) is 4.79 Å². The van der Waals surface area contributed by atoms with Crippen LogP contribution in [0.2, 0.25) is 0 Å². The van der Waals surface area contributed by atoms with Crippen molar-refractivity contribution >= 4 is 23.0 Å². The van der Waals surface area contributed by atoms with Crippen LogP contribution in [0.5, 0.6) is 5.75 Å². The molecule has 0 bridgehead atoms. The molecule has 172 valence electrons. The molecule has 1 heterocycles. The number of rotatable bonds is 8. The number of carbonyl (C=O) groups excluding carboxylic acids is 1. The van der Waals surface area contributed by atoms with Crippen molar-refractivity contribution in [2.45, 2.75) is 45.3 Å². The third-order valence-electron chi connectivity index (χ3n) is 6.38. The van der Waals surface area contributed by atoms with Gasteiger partial charge in [-0.15, -0.1) is 0 Å². The Morgan fingerprint density at radius 2 is 1.71 bits per heavy atom. The van der Waals surface area contributed by atoms with E-state index >= 15 is 0 Å². The van der Waals surface area contributed by atoms with Crippen LogP contribution in [0.1, 0.15) is 41.6 Å². The average molecular weight is 452 g/mol. The standard InChI is InChI=1S/C29H29N3O2/c33-29(18-19-32-27-12-6-4-10-25(27)26-11-5-7-13-28(26)32)31-30-20-22-14-16-24(17-15-22)34-21-23-8-2-1-3-9-23/h1-4,6,8-10,12,14-17,20H,5,7,11,13,18-19,21H2,(H,31,33)/b30-20+. The van der Waals surface area contributed by atoms with Crippen LogP contribution in [0, 0.1) is 0 Å². The number of aromatic nitrogens is 1. The van der Waals surface area contributed by atoms with Gasteiger partial charge in [0.1, 0.15) is 12.4 Å². The number of hydrogen-bond donors (Lipinski definition) is 1. The van der Waals surface area contributed by atoms with Crippen LogP contribution in [-0.2, 0) is 30.8 Å². The summed E-state index contributed by atoms with van der Waals surface area (Å²) in [5.74, 6) is 0.716. The van der Waals surface area contributed by atoms with Gasteiger partial charge in [0.25, 0.3) is 0 Å². The van der Waals surface area contributed by atoms with Crippen molar-refractivity contribution in [1.29, 1.82) is 0 Å². The number of fused-ring (bicyclic) bond motifs is 3. The van der Waals surface area contributed by atoms with Crippen LogP contribution in [0.3, 0.4) is 0 Å². The molecule has 3 aromatic carbocycles. The summed E-state index contributed by atoms with van der Waals surface area (Å²) in [5, 5.41) is 5.48. The van der Waals surface area contributed by atoms with E-state index in [-0.39, 0.29) is 5.91 Å². The lowest BCUT2D eigenvalue weighted by atomic mass is 9.95. The zero-order valence-electron chi connectivity index (χ0n) is 19.2. The summed E-state index contributed by atoms with van der Waals surface area (Å²) in [4.78, 5) is 12.4. The van der Waals surface area contributed by atoms with Gasteiger partial charge in [0, 0.05) is 29.6 Å². The Bertz CT molecular complexity index is 1290. The summed E-state index contributed by atoms with van der Waals surface area (Å²) in [7, 11) is 0. The lowest BCUT2D eigenvalue weighted by molar-refractivity contribution is -0.121. The maximum atomic E-state index is 12.4. The number of ether oxygens (including phenoxy) is 1. The van der Waals surface area contributed by atoms with E-state index in [1.165, 1.54) is 35.0 Å². The second-order valence-corrected chi connectivity index (χ2v) is 8.69. The second kappa shape index (κ2) is 10.4. The van der Waals surface area contributed by atoms with Gasteiger partial charge in [-0.2, -0.15) is 5.10 Å². The lowest BCUT2D eigenvalue weighted by Gasteiger charge is -2.15. The molecule has 0 saturated heterocycles. The first kappa shape index (κ1) is 22.0. The predicted octanol–water partition coefficient (Wildman–Crippen LogP) is 5.64. The summed E-state index contributed by atoms with van der Waals surface area (Å²) in [6.07, 6.45) is 6.75. The van der Waals surface area contributed by atoms with Gasteiger partial charge in [0.05, 0.1) is 6.21 Å². The molecule has 0 unspecified atom stereocenters. The molecule has 1 N–H and O–H groups in total. The highest BCUT2D eigenvalue weighted by Gasteiger charge is 2.19. The van der Waals surface area contributed by atoms with Gasteiger partial charge < -0.3 is 9.30 Å². The molecular weight excluding hydrogens is 422 g/mol. The van der Waals surface area contributed by atoms with Crippen LogP contribution in [0.4, 0.5) is 0 Å². The highest BCUT2D eigenvalue weighted by molar-refractivity contribution is 5.86. The molecule has 4 aromatic rings. The lowest BCUT2D eigenvalue weighted by Crippen LogP contribution is -2.20. The van der Waals surface area contributed by atoms with Crippen molar-refractivity contribution in [2.24, 2.45) is 5.10 Å². The van der Waals surface area contributed by atoms with Gasteiger partial charge in [-0.3, -0.25) is 4.79 Å². The molecule has 1 aromatic heterocycles. The van der Waals surface area contributed by atoms with Gasteiger partial charge in [-0.05, 0) is 72.7 Å². The van der Waals surface area contributed by atoms with Crippen molar-refractivity contribution in [2.75, 3.05) is 0 Å². The third-order valence-corrected chi connectivity index (χ3v) is 6.38. The molecule has 5 rings (SSSR count). The first-order valence-electron chi connectivity index (χ1n) is 12.0. The Hall–Kier alpha value is -3.86. The molecular formula is C29H29N3O2. The van der Waals surface area contributed by atoms with Crippen LogP contribution < -0.4 is 10.2 Å². The van der Waals surface area contributed by atoms with Crippen LogP contribution >= 0.6 is 0 Å². The van der Waals surface area contributed by atoms with E-state index in [0.29, 0.717) is 19.6 Å². The summed E-state index contributed by atoms with van der Waals surface area (Å²) >= 11 is 0. The minimum absolute atomic E-state index is 0.0820. The molecule has 1 aliphatic rings. The number of hydrogen-bond acceptors (Lipinski definition) is 3. The van der Waals surface area contributed by atoms with E-state index in [2.05, 4.69) is 39.4 Å². The Morgan fingerprint density at radius 3 is 2.56 bits per heavy atom. The number of aryl methyl sites for hydroxylation is 2. The molecule has 0 spiro atoms. The van der Waals surface area contributed by atoms with Gasteiger partial charge in [-0.25, -0.2) is 5.43 Å². The zero-order valence-corrected chi connectivity index (χ0v) is 19.2. The normalized spacial score (nSPS) is 13.2. The van der Waals surface area contributed by atoms with E-state index in [4.69, 9.17) is 4.74 Å². The summed E-state index contributed by atoms with van der Waals surface area (Å²) < 4.78 is 8.15. The van der Waals surface area contributed by atoms with E-state index in [1.807, 2.05) is 54.6 Å². The molecule has 0 radical (unpaired) electrons. The van der Waals surface area contributed by atoms with E-state index in [0.717, 1.165) is 29.7 Å². The molecule has 0 fully saturated rings. The van der Waals surface area contributed by atoms with Crippen molar-refractivity contribution < 1.29 is 9.53 Å². The third kappa shape index (κ3) is 5.04. The van der Waals surface area contributed by atoms with Crippen LogP contribution in [0.15, 0.2) is 84.0 Å². The van der Waals surface area contributed by atoms with Crippen molar-refractivity contribution in [3.63, 3.8) is 0 Å². The first-order chi connectivity index (χ1) is 16.8. The van der Waals surface area contributed by atoms with Gasteiger partial charge in [0.2, 0.25) is 5.91 Å². The molecule has 0 saturated carbocycles. The quantitative estimate of drug-likeness (QED) is 0.278. The van der Waals surface area contributed by atoms with E-state index < -0.39 is 0 Å². The maximum Gasteiger partial charge on any atom is 0.241 e. The van der Waals surface area contributed by atoms with Crippen LogP contribution in [0.25, 0.3) is 10.9 Å². The number of para-hydroxylation sites is 1. The minimum atomic E-state index is -0.0820. The Labute approximate surface area is 200 Å². The monoisotopic (exact) mass is 451 g/mol. The highest BCUT2D eigenvalue weighted by atomic mass is 16.5. The number of carbonyl (C=O) groups is 1. The molecule has 0 atom stereocenters. The molecule has 34 heavy (non-hydrogen) atoms. The first-order valence-corrected chi connectivity index (χ1v) is 12.0. The average Bonchev–Trinajstić information content (AvgIpc) is 3.21. The number of hydrazone groups is 1. The van der Waals surface area contributed by atoms with Crippen molar-refractivity contribution in [3.8, 4) is 5.75 Å². The van der Waals surface area contributed by atoms with Crippen molar-refractivity contribution in [3.05, 3.63) is 101 Å². The maximum absolute atomic E-state index is 12.4. The summed E-state index contributed by atoms with van der Waals surface area (Å²) in [6, 6.07) is 26.3. The molecule has 5 nitrogen and oxygen atoms in total. The van der Waals surface area contributed by atoms with Crippen LogP contribution in [-0.4, -0.2) is 16.7 Å². The Balaban J connectivity index is 1.14. The Morgan fingerprint density at radius 1 is 0.941 bits per heavy atom. The van der Waals surface area contributed by atoms with E-state index in [1.54, 1.807) is 6.21 Å². The topological polar surface area (TPSA) is 55.6 Å². The molecule has 0 aliphatic heterocycles. The summed E-state index contributed by atoms with van der Waals surface area (Å²) in [5.41, 5.74) is 8.81. The Kier molecular flexibility index (Phi) is 6.71. The fraction of sp³-hybridized carbons (Fsp3) is 0.241. The fourth-order valence-electron chi connectivity index (χ4n) is 4.68. The summed E-state index contributed by atoms with van der Waals surface area (Å²) in [6.45, 7) is 1.20. The number of amides is 1.